The van der Waals surface area contributed by atoms with Gasteiger partial charge in [0.2, 0.25) is 0 Å². The molecule has 0 N–H and O–H groups in total. The maximum Gasteiger partial charge on any atom is 0.523 e. The quantitative estimate of drug-likeness (QED) is 0.445. The molecule has 0 amide bonds. The van der Waals surface area contributed by atoms with Gasteiger partial charge in [-0.1, -0.05) is 26.0 Å². The van der Waals surface area contributed by atoms with Gasteiger partial charge in [0, 0.05) is 5.41 Å². The highest BCUT2D eigenvalue weighted by Gasteiger charge is 2.64. The Balaban J connectivity index is 2.38. The van der Waals surface area contributed by atoms with Crippen molar-refractivity contribution in [1.82, 2.24) is 0 Å². The second-order valence-corrected chi connectivity index (χ2v) is 7.11. The third-order valence-corrected chi connectivity index (χ3v) is 5.57. The first-order chi connectivity index (χ1) is 7.93. The molecule has 2 saturated carbocycles. The molecule has 2 atom stereocenters. The second kappa shape index (κ2) is 3.50. The number of rotatable bonds is 2. The fraction of sp³-hybridized carbons (Fsp3) is 0.818. The first-order valence-corrected chi connectivity index (χ1v) is 7.05. The third-order valence-electron chi connectivity index (χ3n) is 4.46. The zero-order chi connectivity index (χ0) is 14.0. The largest absolute Gasteiger partial charge is 0.523 e. The van der Waals surface area contributed by atoms with E-state index in [9.17, 15) is 21.6 Å². The lowest BCUT2D eigenvalue weighted by molar-refractivity contribution is -0.0761. The average Bonchev–Trinajstić information content (AvgIpc) is 2.64. The molecular weight excluding hydrogens is 269 g/mol. The smallest absolute Gasteiger partial charge is 0.256 e. The van der Waals surface area contributed by atoms with Gasteiger partial charge in [0.15, 0.2) is 0 Å². The molecule has 7 heteroatoms. The van der Waals surface area contributed by atoms with Crippen LogP contribution in [0.5, 0.6) is 0 Å². The van der Waals surface area contributed by atoms with Crippen LogP contribution in [-0.4, -0.2) is 19.5 Å². The standard InChI is InChI=1S/C11H15F3O3S/c1-7-8-4-5-10(6-8,9(7,2)3)17-18(15,16)11(12,13)14/h8H,1,4-6H2,2-3H3. The van der Waals surface area contributed by atoms with Crippen molar-refractivity contribution in [1.29, 1.82) is 0 Å². The van der Waals surface area contributed by atoms with Gasteiger partial charge in [0.1, 0.15) is 0 Å². The first kappa shape index (κ1) is 13.9. The van der Waals surface area contributed by atoms with E-state index in [-0.39, 0.29) is 5.92 Å². The molecule has 0 saturated heterocycles. The summed E-state index contributed by atoms with van der Waals surface area (Å²) in [6.45, 7) is 7.26. The summed E-state index contributed by atoms with van der Waals surface area (Å²) in [5, 5.41) is 0. The molecule has 0 aromatic rings. The third kappa shape index (κ3) is 1.63. The average molecular weight is 284 g/mol. The zero-order valence-corrected chi connectivity index (χ0v) is 11.0. The van der Waals surface area contributed by atoms with E-state index in [1.54, 1.807) is 13.8 Å². The van der Waals surface area contributed by atoms with E-state index < -0.39 is 26.6 Å². The van der Waals surface area contributed by atoms with Crippen molar-refractivity contribution in [3.8, 4) is 0 Å². The van der Waals surface area contributed by atoms with Gasteiger partial charge < -0.3 is 0 Å². The van der Waals surface area contributed by atoms with Gasteiger partial charge in [-0.3, -0.25) is 4.18 Å². The number of halogens is 3. The molecule has 0 aromatic carbocycles. The molecule has 2 fully saturated rings. The van der Waals surface area contributed by atoms with Crippen LogP contribution in [0.15, 0.2) is 12.2 Å². The number of hydrogen-bond acceptors (Lipinski definition) is 3. The number of fused-ring (bicyclic) bond motifs is 2. The summed E-state index contributed by atoms with van der Waals surface area (Å²) < 4.78 is 64.3. The fourth-order valence-electron chi connectivity index (χ4n) is 3.11. The van der Waals surface area contributed by atoms with Crippen LogP contribution in [0.1, 0.15) is 33.1 Å². The summed E-state index contributed by atoms with van der Waals surface area (Å²) >= 11 is 0. The van der Waals surface area contributed by atoms with Gasteiger partial charge >= 0.3 is 15.6 Å². The van der Waals surface area contributed by atoms with E-state index in [1.165, 1.54) is 0 Å². The second-order valence-electron chi connectivity index (χ2n) is 5.57. The molecule has 104 valence electrons. The summed E-state index contributed by atoms with van der Waals surface area (Å²) in [5.74, 6) is 0.0587. The van der Waals surface area contributed by atoms with E-state index in [0.717, 1.165) is 5.57 Å². The van der Waals surface area contributed by atoms with Gasteiger partial charge in [0.05, 0.1) is 5.60 Å². The molecule has 3 nitrogen and oxygen atoms in total. The summed E-state index contributed by atoms with van der Waals surface area (Å²) in [6, 6.07) is 0. The van der Waals surface area contributed by atoms with E-state index >= 15 is 0 Å². The molecule has 0 radical (unpaired) electrons. The molecule has 2 rings (SSSR count). The molecule has 2 bridgehead atoms. The minimum Gasteiger partial charge on any atom is -0.256 e. The van der Waals surface area contributed by atoms with E-state index in [0.29, 0.717) is 19.3 Å². The Morgan fingerprint density at radius 2 is 1.94 bits per heavy atom. The summed E-state index contributed by atoms with van der Waals surface area (Å²) in [6.07, 6.45) is 1.25. The minimum atomic E-state index is -5.56. The maximum atomic E-state index is 12.4. The Bertz CT molecular complexity index is 492. The fourth-order valence-corrected chi connectivity index (χ4v) is 3.99. The van der Waals surface area contributed by atoms with Crippen LogP contribution in [0, 0.1) is 11.3 Å². The topological polar surface area (TPSA) is 43.4 Å². The van der Waals surface area contributed by atoms with Gasteiger partial charge in [-0.05, 0) is 25.2 Å². The normalized spacial score (nSPS) is 35.2. The first-order valence-electron chi connectivity index (χ1n) is 5.64. The van der Waals surface area contributed by atoms with Crippen molar-refractivity contribution in [2.24, 2.45) is 11.3 Å². The van der Waals surface area contributed by atoms with E-state index in [2.05, 4.69) is 10.8 Å². The van der Waals surface area contributed by atoms with Crippen LogP contribution in [0.2, 0.25) is 0 Å². The predicted octanol–water partition coefficient (Wildman–Crippen LogP) is 2.99. The lowest BCUT2D eigenvalue weighted by Crippen LogP contribution is -2.47. The molecular formula is C11H15F3O3S. The van der Waals surface area contributed by atoms with Crippen LogP contribution in [0.3, 0.4) is 0 Å². The van der Waals surface area contributed by atoms with Crippen molar-refractivity contribution in [3.63, 3.8) is 0 Å². The summed E-state index contributed by atoms with van der Waals surface area (Å²) in [7, 11) is -5.56. The maximum absolute atomic E-state index is 12.4. The van der Waals surface area contributed by atoms with Crippen LogP contribution in [0.25, 0.3) is 0 Å². The summed E-state index contributed by atoms with van der Waals surface area (Å²) in [4.78, 5) is 0. The lowest BCUT2D eigenvalue weighted by Gasteiger charge is -2.41. The molecule has 0 heterocycles. The monoisotopic (exact) mass is 284 g/mol. The highest BCUT2D eigenvalue weighted by molar-refractivity contribution is 7.87. The zero-order valence-electron chi connectivity index (χ0n) is 10.2. The van der Waals surface area contributed by atoms with E-state index in [1.807, 2.05) is 0 Å². The van der Waals surface area contributed by atoms with Crippen LogP contribution >= 0.6 is 0 Å². The van der Waals surface area contributed by atoms with Crippen molar-refractivity contribution in [2.75, 3.05) is 0 Å². The Hall–Kier alpha value is -0.560. The minimum absolute atomic E-state index is 0.0587. The van der Waals surface area contributed by atoms with Crippen LogP contribution < -0.4 is 0 Å². The predicted molar refractivity (Wildman–Crippen MR) is 59.1 cm³/mol. The van der Waals surface area contributed by atoms with Crippen LogP contribution in [0.4, 0.5) is 13.2 Å². The van der Waals surface area contributed by atoms with Crippen molar-refractivity contribution < 1.29 is 25.8 Å². The van der Waals surface area contributed by atoms with E-state index in [4.69, 9.17) is 0 Å². The lowest BCUT2D eigenvalue weighted by atomic mass is 9.71. The van der Waals surface area contributed by atoms with Crippen LogP contribution in [-0.2, 0) is 14.3 Å². The Labute approximate surface area is 104 Å². The summed E-state index contributed by atoms with van der Waals surface area (Å²) in [5.41, 5.74) is -6.64. The molecule has 18 heavy (non-hydrogen) atoms. The number of alkyl halides is 3. The molecule has 0 aromatic heterocycles. The van der Waals surface area contributed by atoms with Gasteiger partial charge in [-0.15, -0.1) is 0 Å². The molecule has 0 spiro atoms. The Kier molecular flexibility index (Phi) is 2.70. The highest BCUT2D eigenvalue weighted by atomic mass is 32.2. The van der Waals surface area contributed by atoms with Gasteiger partial charge in [0.25, 0.3) is 0 Å². The molecule has 0 aliphatic heterocycles. The van der Waals surface area contributed by atoms with Crippen molar-refractivity contribution in [3.05, 3.63) is 12.2 Å². The Morgan fingerprint density at radius 3 is 2.33 bits per heavy atom. The Morgan fingerprint density at radius 1 is 1.39 bits per heavy atom. The van der Waals surface area contributed by atoms with Crippen molar-refractivity contribution in [2.45, 2.75) is 44.2 Å². The number of hydrogen-bond donors (Lipinski definition) is 0. The molecule has 2 aliphatic carbocycles. The van der Waals surface area contributed by atoms with Crippen molar-refractivity contribution >= 4 is 10.1 Å². The SMILES string of the molecule is C=C1C2CCC(OS(=O)(=O)C(F)(F)F)(C2)C1(C)C. The van der Waals surface area contributed by atoms with Gasteiger partial charge in [-0.2, -0.15) is 21.6 Å². The molecule has 2 aliphatic rings. The molecule has 2 unspecified atom stereocenters. The van der Waals surface area contributed by atoms with Gasteiger partial charge in [-0.25, -0.2) is 0 Å². The highest BCUT2D eigenvalue weighted by Crippen LogP contribution is 2.63.